The molecule has 3 nitrogen and oxygen atoms in total. The molecule has 0 saturated heterocycles. The van der Waals surface area contributed by atoms with Gasteiger partial charge in [-0.05, 0) is 20.3 Å². The molecule has 0 N–H and O–H groups in total. The van der Waals surface area contributed by atoms with E-state index in [1.54, 1.807) is 0 Å². The van der Waals surface area contributed by atoms with Crippen molar-refractivity contribution in [2.24, 2.45) is 16.3 Å². The molecule has 1 rings (SSSR count). The molecular weight excluding hydrogens is 310 g/mol. The first-order valence-electron chi connectivity index (χ1n) is 10.6. The summed E-state index contributed by atoms with van der Waals surface area (Å²) in [7, 11) is 0. The third kappa shape index (κ3) is 7.11. The van der Waals surface area contributed by atoms with Gasteiger partial charge in [-0.15, -0.1) is 0 Å². The summed E-state index contributed by atoms with van der Waals surface area (Å²) in [6.45, 7) is 10.9. The molecular formula is C22H41NO2. The number of carbonyl (C=O) groups excluding carboxylic acids is 1. The van der Waals surface area contributed by atoms with E-state index < -0.39 is 0 Å². The molecule has 1 aliphatic heterocycles. The highest BCUT2D eigenvalue weighted by Gasteiger charge is 2.52. The first-order chi connectivity index (χ1) is 11.9. The SMILES string of the molecule is CCCCCCCCCCCCC1(C)N=CC(C)(C)C1C(=O)OCC. The van der Waals surface area contributed by atoms with Crippen LogP contribution in [0.25, 0.3) is 0 Å². The monoisotopic (exact) mass is 351 g/mol. The molecule has 0 bridgehead atoms. The van der Waals surface area contributed by atoms with Crippen molar-refractivity contribution in [3.63, 3.8) is 0 Å². The third-order valence-corrected chi connectivity index (χ3v) is 5.62. The van der Waals surface area contributed by atoms with Crippen molar-refractivity contribution in [2.75, 3.05) is 6.61 Å². The minimum absolute atomic E-state index is 0.0837. The molecule has 0 amide bonds. The zero-order valence-electron chi connectivity index (χ0n) is 17.4. The number of hydrogen-bond acceptors (Lipinski definition) is 3. The molecule has 3 heteroatoms. The largest absolute Gasteiger partial charge is 0.466 e. The van der Waals surface area contributed by atoms with E-state index in [0.717, 1.165) is 12.8 Å². The average Bonchev–Trinajstić information content (AvgIpc) is 2.79. The molecule has 2 atom stereocenters. The fourth-order valence-corrected chi connectivity index (χ4v) is 4.23. The summed E-state index contributed by atoms with van der Waals surface area (Å²) >= 11 is 0. The molecule has 0 fully saturated rings. The molecule has 146 valence electrons. The highest BCUT2D eigenvalue weighted by atomic mass is 16.5. The normalized spacial score (nSPS) is 24.6. The van der Waals surface area contributed by atoms with Gasteiger partial charge in [0.2, 0.25) is 0 Å². The number of esters is 1. The second-order valence-corrected chi connectivity index (χ2v) is 8.55. The maximum Gasteiger partial charge on any atom is 0.312 e. The van der Waals surface area contributed by atoms with Crippen molar-refractivity contribution in [3.05, 3.63) is 0 Å². The Morgan fingerprint density at radius 2 is 1.44 bits per heavy atom. The smallest absolute Gasteiger partial charge is 0.312 e. The Kier molecular flexibility index (Phi) is 9.74. The lowest BCUT2D eigenvalue weighted by atomic mass is 9.70. The van der Waals surface area contributed by atoms with Gasteiger partial charge in [0, 0.05) is 11.6 Å². The summed E-state index contributed by atoms with van der Waals surface area (Å²) in [6, 6.07) is 0. The van der Waals surface area contributed by atoms with Crippen LogP contribution in [0.15, 0.2) is 4.99 Å². The van der Waals surface area contributed by atoms with Crippen LogP contribution in [-0.2, 0) is 9.53 Å². The van der Waals surface area contributed by atoms with Crippen molar-refractivity contribution in [1.82, 2.24) is 0 Å². The van der Waals surface area contributed by atoms with E-state index in [9.17, 15) is 4.79 Å². The lowest BCUT2D eigenvalue weighted by molar-refractivity contribution is -0.152. The minimum Gasteiger partial charge on any atom is -0.466 e. The fourth-order valence-electron chi connectivity index (χ4n) is 4.23. The Hall–Kier alpha value is -0.860. The van der Waals surface area contributed by atoms with Gasteiger partial charge in [0.1, 0.15) is 0 Å². The average molecular weight is 352 g/mol. The summed E-state index contributed by atoms with van der Waals surface area (Å²) in [5.74, 6) is -0.238. The fraction of sp³-hybridized carbons (Fsp3) is 0.909. The Morgan fingerprint density at radius 1 is 0.920 bits per heavy atom. The molecule has 0 aromatic rings. The van der Waals surface area contributed by atoms with Crippen LogP contribution in [0.2, 0.25) is 0 Å². The van der Waals surface area contributed by atoms with E-state index in [1.807, 2.05) is 13.1 Å². The summed E-state index contributed by atoms with van der Waals surface area (Å²) < 4.78 is 5.34. The Bertz CT molecular complexity index is 416. The van der Waals surface area contributed by atoms with Crippen molar-refractivity contribution >= 4 is 12.2 Å². The lowest BCUT2D eigenvalue weighted by Crippen LogP contribution is -2.43. The van der Waals surface area contributed by atoms with E-state index in [4.69, 9.17) is 9.73 Å². The number of rotatable bonds is 13. The zero-order chi connectivity index (χ0) is 18.8. The van der Waals surface area contributed by atoms with Gasteiger partial charge in [-0.2, -0.15) is 0 Å². The van der Waals surface area contributed by atoms with E-state index in [2.05, 4.69) is 27.7 Å². The van der Waals surface area contributed by atoms with Gasteiger partial charge in [-0.1, -0.05) is 85.0 Å². The lowest BCUT2D eigenvalue weighted by Gasteiger charge is -2.34. The quantitative estimate of drug-likeness (QED) is 0.286. The van der Waals surface area contributed by atoms with Crippen LogP contribution in [0.3, 0.4) is 0 Å². The molecule has 1 aliphatic rings. The van der Waals surface area contributed by atoms with E-state index in [0.29, 0.717) is 6.61 Å². The van der Waals surface area contributed by atoms with Crippen molar-refractivity contribution in [1.29, 1.82) is 0 Å². The van der Waals surface area contributed by atoms with Crippen LogP contribution in [0.5, 0.6) is 0 Å². The zero-order valence-corrected chi connectivity index (χ0v) is 17.4. The van der Waals surface area contributed by atoms with Crippen LogP contribution < -0.4 is 0 Å². The van der Waals surface area contributed by atoms with E-state index in [1.165, 1.54) is 57.8 Å². The molecule has 0 aromatic heterocycles. The number of ether oxygens (including phenoxy) is 1. The van der Waals surface area contributed by atoms with Gasteiger partial charge in [-0.25, -0.2) is 0 Å². The summed E-state index contributed by atoms with van der Waals surface area (Å²) in [5.41, 5.74) is -0.505. The number of carbonyl (C=O) groups is 1. The predicted molar refractivity (Wildman–Crippen MR) is 107 cm³/mol. The van der Waals surface area contributed by atoms with Crippen LogP contribution in [-0.4, -0.2) is 24.3 Å². The van der Waals surface area contributed by atoms with Gasteiger partial charge in [-0.3, -0.25) is 9.79 Å². The second kappa shape index (κ2) is 11.0. The first-order valence-corrected chi connectivity index (χ1v) is 10.6. The standard InChI is InChI=1S/C22H41NO2/c1-6-8-9-10-11-12-13-14-15-16-17-22(5)19(20(24)25-7-2)21(3,4)18-23-22/h18-19H,6-17H2,1-5H3. The number of aliphatic imine (C=N–C) groups is 1. The molecule has 0 aliphatic carbocycles. The molecule has 0 spiro atoms. The summed E-state index contributed by atoms with van der Waals surface area (Å²) in [4.78, 5) is 17.2. The minimum atomic E-state index is -0.296. The van der Waals surface area contributed by atoms with Crippen LogP contribution in [0.1, 0.15) is 105 Å². The van der Waals surface area contributed by atoms with Crippen molar-refractivity contribution in [3.8, 4) is 0 Å². The molecule has 2 unspecified atom stereocenters. The molecule has 0 aromatic carbocycles. The van der Waals surface area contributed by atoms with E-state index >= 15 is 0 Å². The van der Waals surface area contributed by atoms with Crippen LogP contribution in [0, 0.1) is 11.3 Å². The van der Waals surface area contributed by atoms with Crippen LogP contribution >= 0.6 is 0 Å². The van der Waals surface area contributed by atoms with Gasteiger partial charge in [0.05, 0.1) is 18.1 Å². The number of nitrogens with zero attached hydrogens (tertiary/aromatic N) is 1. The second-order valence-electron chi connectivity index (χ2n) is 8.55. The number of unbranched alkanes of at least 4 members (excludes halogenated alkanes) is 9. The van der Waals surface area contributed by atoms with Crippen LogP contribution in [0.4, 0.5) is 0 Å². The van der Waals surface area contributed by atoms with Crippen molar-refractivity contribution in [2.45, 2.75) is 111 Å². The summed E-state index contributed by atoms with van der Waals surface area (Å²) in [6.07, 6.45) is 16.3. The topological polar surface area (TPSA) is 38.7 Å². The Balaban J connectivity index is 2.28. The third-order valence-electron chi connectivity index (χ3n) is 5.62. The first kappa shape index (κ1) is 22.2. The molecule has 1 heterocycles. The van der Waals surface area contributed by atoms with E-state index in [-0.39, 0.29) is 22.8 Å². The predicted octanol–water partition coefficient (Wildman–Crippen LogP) is 6.35. The molecule has 0 saturated carbocycles. The highest BCUT2D eigenvalue weighted by Crippen LogP contribution is 2.45. The van der Waals surface area contributed by atoms with Crippen molar-refractivity contribution < 1.29 is 9.53 Å². The molecule has 0 radical (unpaired) electrons. The molecule has 25 heavy (non-hydrogen) atoms. The van der Waals surface area contributed by atoms with Gasteiger partial charge in [0.25, 0.3) is 0 Å². The highest BCUT2D eigenvalue weighted by molar-refractivity contribution is 5.84. The number of hydrogen-bond donors (Lipinski definition) is 0. The Morgan fingerprint density at radius 3 is 1.96 bits per heavy atom. The van der Waals surface area contributed by atoms with Gasteiger partial charge >= 0.3 is 5.97 Å². The van der Waals surface area contributed by atoms with Gasteiger partial charge < -0.3 is 4.74 Å². The maximum atomic E-state index is 12.5. The maximum absolute atomic E-state index is 12.5. The Labute approximate surface area is 156 Å². The summed E-state index contributed by atoms with van der Waals surface area (Å²) in [5, 5.41) is 0. The van der Waals surface area contributed by atoms with Gasteiger partial charge in [0.15, 0.2) is 0 Å².